The summed E-state index contributed by atoms with van der Waals surface area (Å²) in [6.07, 6.45) is 6.84. The van der Waals surface area contributed by atoms with Crippen molar-refractivity contribution in [2.45, 2.75) is 38.9 Å². The number of terminal acetylenes is 1. The van der Waals surface area contributed by atoms with E-state index in [1.807, 2.05) is 38.1 Å². The summed E-state index contributed by atoms with van der Waals surface area (Å²) >= 11 is 0. The molecule has 1 aliphatic rings. The number of ether oxygens (including phenoxy) is 3. The smallest absolute Gasteiger partial charge is 0.207 e. The molecular weight excluding hydrogens is 292 g/mol. The molecular formula is C19H24O4. The fourth-order valence-corrected chi connectivity index (χ4v) is 2.91. The maximum absolute atomic E-state index is 12.7. The Morgan fingerprint density at radius 2 is 1.91 bits per heavy atom. The molecule has 0 bridgehead atoms. The molecule has 0 aliphatic carbocycles. The van der Waals surface area contributed by atoms with Crippen molar-refractivity contribution in [3.63, 3.8) is 0 Å². The largest absolute Gasteiger partial charge is 0.497 e. The Bertz CT molecular complexity index is 574. The lowest BCUT2D eigenvalue weighted by Gasteiger charge is -2.47. The van der Waals surface area contributed by atoms with Crippen LogP contribution in [0.25, 0.3) is 0 Å². The van der Waals surface area contributed by atoms with E-state index in [1.165, 1.54) is 0 Å². The van der Waals surface area contributed by atoms with E-state index in [0.717, 1.165) is 17.7 Å². The number of methoxy groups -OCH3 is 1. The average Bonchev–Trinajstić information content (AvgIpc) is 2.60. The Hall–Kier alpha value is -1.83. The van der Waals surface area contributed by atoms with Gasteiger partial charge >= 0.3 is 0 Å². The molecule has 0 amide bonds. The van der Waals surface area contributed by atoms with Gasteiger partial charge in [-0.1, -0.05) is 0 Å². The van der Waals surface area contributed by atoms with Crippen molar-refractivity contribution in [1.82, 2.24) is 0 Å². The van der Waals surface area contributed by atoms with Crippen LogP contribution in [0.4, 0.5) is 0 Å². The van der Waals surface area contributed by atoms with Gasteiger partial charge in [0.25, 0.3) is 0 Å². The third-order valence-corrected chi connectivity index (χ3v) is 4.39. The topological polar surface area (TPSA) is 44.8 Å². The standard InChI is InChI=1S/C19H24O4/c1-5-6-8-17(20)18(2,3)19(22-13-7-14-23-19)15-9-11-16(21-4)12-10-15/h1,9-12H,6-8,13-14H2,2-4H3. The van der Waals surface area contributed by atoms with Crippen molar-refractivity contribution in [3.8, 4) is 18.1 Å². The molecule has 0 spiro atoms. The molecule has 1 aliphatic heterocycles. The van der Waals surface area contributed by atoms with Crippen LogP contribution in [0.1, 0.15) is 38.7 Å². The molecule has 0 aromatic heterocycles. The number of hydrogen-bond acceptors (Lipinski definition) is 4. The Kier molecular flexibility index (Phi) is 5.46. The lowest BCUT2D eigenvalue weighted by Crippen LogP contribution is -2.53. The molecule has 1 aromatic rings. The monoisotopic (exact) mass is 316 g/mol. The number of ketones is 1. The van der Waals surface area contributed by atoms with Crippen molar-refractivity contribution in [1.29, 1.82) is 0 Å². The molecule has 4 heteroatoms. The molecule has 124 valence electrons. The normalized spacial score (nSPS) is 17.3. The number of rotatable bonds is 6. The molecule has 0 N–H and O–H groups in total. The highest BCUT2D eigenvalue weighted by molar-refractivity contribution is 5.85. The summed E-state index contributed by atoms with van der Waals surface area (Å²) in [4.78, 5) is 12.7. The Labute approximate surface area is 138 Å². The second-order valence-electron chi connectivity index (χ2n) is 6.15. The van der Waals surface area contributed by atoms with Crippen LogP contribution in [0, 0.1) is 17.8 Å². The Balaban J connectivity index is 2.41. The highest BCUT2D eigenvalue weighted by atomic mass is 16.7. The lowest BCUT2D eigenvalue weighted by molar-refractivity contribution is -0.319. The molecule has 23 heavy (non-hydrogen) atoms. The minimum Gasteiger partial charge on any atom is -0.497 e. The zero-order valence-corrected chi connectivity index (χ0v) is 14.1. The fraction of sp³-hybridized carbons (Fsp3) is 0.526. The van der Waals surface area contributed by atoms with Gasteiger partial charge < -0.3 is 14.2 Å². The van der Waals surface area contributed by atoms with Crippen molar-refractivity contribution < 1.29 is 19.0 Å². The quantitative estimate of drug-likeness (QED) is 0.756. The molecule has 0 atom stereocenters. The summed E-state index contributed by atoms with van der Waals surface area (Å²) in [6, 6.07) is 7.47. The van der Waals surface area contributed by atoms with Gasteiger partial charge in [0, 0.05) is 18.4 Å². The SMILES string of the molecule is C#CCCC(=O)C(C)(C)C1(c2ccc(OC)cc2)OCCCO1. The van der Waals surface area contributed by atoms with Crippen molar-refractivity contribution in [3.05, 3.63) is 29.8 Å². The minimum atomic E-state index is -1.09. The number of carbonyl (C=O) groups is 1. The van der Waals surface area contributed by atoms with Gasteiger partial charge in [0.15, 0.2) is 0 Å². The van der Waals surface area contributed by atoms with Gasteiger partial charge in [-0.25, -0.2) is 0 Å². The van der Waals surface area contributed by atoms with Gasteiger partial charge in [-0.15, -0.1) is 12.3 Å². The number of Topliss-reactive ketones (excluding diaryl/α,β-unsaturated/α-hetero) is 1. The van der Waals surface area contributed by atoms with Gasteiger partial charge in [0.05, 0.1) is 25.7 Å². The average molecular weight is 316 g/mol. The Morgan fingerprint density at radius 1 is 1.30 bits per heavy atom. The van der Waals surface area contributed by atoms with Crippen LogP contribution in [0.5, 0.6) is 5.75 Å². The second kappa shape index (κ2) is 7.16. The summed E-state index contributed by atoms with van der Waals surface area (Å²) < 4.78 is 17.3. The second-order valence-corrected chi connectivity index (χ2v) is 6.15. The molecule has 2 rings (SSSR count). The summed E-state index contributed by atoms with van der Waals surface area (Å²) in [6.45, 7) is 4.83. The van der Waals surface area contributed by atoms with E-state index >= 15 is 0 Å². The van der Waals surface area contributed by atoms with Crippen LogP contribution in [0.3, 0.4) is 0 Å². The highest BCUT2D eigenvalue weighted by Crippen LogP contribution is 2.47. The van der Waals surface area contributed by atoms with E-state index in [4.69, 9.17) is 20.6 Å². The van der Waals surface area contributed by atoms with Crippen molar-refractivity contribution in [2.24, 2.45) is 5.41 Å². The molecule has 1 fully saturated rings. The van der Waals surface area contributed by atoms with Gasteiger partial charge in [-0.2, -0.15) is 0 Å². The minimum absolute atomic E-state index is 0.0353. The van der Waals surface area contributed by atoms with E-state index in [9.17, 15) is 4.79 Å². The third-order valence-electron chi connectivity index (χ3n) is 4.39. The summed E-state index contributed by atoms with van der Waals surface area (Å²) in [5, 5.41) is 0. The first-order valence-corrected chi connectivity index (χ1v) is 7.87. The number of carbonyl (C=O) groups excluding carboxylic acids is 1. The lowest BCUT2D eigenvalue weighted by atomic mass is 9.73. The molecule has 1 heterocycles. The maximum atomic E-state index is 12.7. The van der Waals surface area contributed by atoms with E-state index in [0.29, 0.717) is 26.1 Å². The number of benzene rings is 1. The molecule has 1 saturated heterocycles. The van der Waals surface area contributed by atoms with E-state index < -0.39 is 11.2 Å². The van der Waals surface area contributed by atoms with Crippen LogP contribution >= 0.6 is 0 Å². The van der Waals surface area contributed by atoms with Gasteiger partial charge in [0.2, 0.25) is 5.79 Å². The number of hydrogen-bond donors (Lipinski definition) is 0. The van der Waals surface area contributed by atoms with Gasteiger partial charge in [0.1, 0.15) is 11.5 Å². The first-order valence-electron chi connectivity index (χ1n) is 7.87. The summed E-state index contributed by atoms with van der Waals surface area (Å²) in [5.41, 5.74) is -0.0316. The van der Waals surface area contributed by atoms with E-state index in [-0.39, 0.29) is 5.78 Å². The molecule has 4 nitrogen and oxygen atoms in total. The van der Waals surface area contributed by atoms with Crippen LogP contribution < -0.4 is 4.74 Å². The Morgan fingerprint density at radius 3 is 2.43 bits per heavy atom. The van der Waals surface area contributed by atoms with Gasteiger partial charge in [-0.05, 0) is 44.5 Å². The van der Waals surface area contributed by atoms with Gasteiger partial charge in [-0.3, -0.25) is 4.79 Å². The third kappa shape index (κ3) is 3.26. The zero-order chi connectivity index (χ0) is 16.9. The fourth-order valence-electron chi connectivity index (χ4n) is 2.91. The van der Waals surface area contributed by atoms with Crippen molar-refractivity contribution in [2.75, 3.05) is 20.3 Å². The van der Waals surface area contributed by atoms with Crippen molar-refractivity contribution >= 4 is 5.78 Å². The predicted octanol–water partition coefficient (Wildman–Crippen LogP) is 3.29. The maximum Gasteiger partial charge on any atom is 0.207 e. The molecule has 0 saturated carbocycles. The van der Waals surface area contributed by atoms with Crippen LogP contribution in [-0.2, 0) is 20.1 Å². The first kappa shape index (κ1) is 17.5. The van der Waals surface area contributed by atoms with Crippen LogP contribution in [-0.4, -0.2) is 26.1 Å². The zero-order valence-electron chi connectivity index (χ0n) is 14.1. The van der Waals surface area contributed by atoms with Crippen LogP contribution in [0.2, 0.25) is 0 Å². The van der Waals surface area contributed by atoms with E-state index in [2.05, 4.69) is 5.92 Å². The van der Waals surface area contributed by atoms with E-state index in [1.54, 1.807) is 7.11 Å². The molecule has 0 radical (unpaired) electrons. The summed E-state index contributed by atoms with van der Waals surface area (Å²) in [7, 11) is 1.62. The first-order chi connectivity index (χ1) is 11.0. The summed E-state index contributed by atoms with van der Waals surface area (Å²) in [5.74, 6) is 2.21. The predicted molar refractivity (Wildman–Crippen MR) is 88.0 cm³/mol. The molecule has 1 aromatic carbocycles. The van der Waals surface area contributed by atoms with Crippen LogP contribution in [0.15, 0.2) is 24.3 Å². The highest BCUT2D eigenvalue weighted by Gasteiger charge is 2.54. The molecule has 0 unspecified atom stereocenters.